The predicted octanol–water partition coefficient (Wildman–Crippen LogP) is 15.7. The second-order valence-corrected chi connectivity index (χ2v) is 16.6. The number of anilines is 3. The zero-order valence-electron chi connectivity index (χ0n) is 31.0. The Kier molecular flexibility index (Phi) is 6.59. The van der Waals surface area contributed by atoms with Gasteiger partial charge in [0, 0.05) is 37.4 Å². The molecule has 0 spiro atoms. The van der Waals surface area contributed by atoms with Gasteiger partial charge in [-0.1, -0.05) is 147 Å². The molecule has 264 valence electrons. The maximum Gasteiger partial charge on any atom is 0.145 e. The summed E-state index contributed by atoms with van der Waals surface area (Å²) in [4.78, 5) is 2.54. The van der Waals surface area contributed by atoms with Crippen LogP contribution in [0.15, 0.2) is 180 Å². The Bertz CT molecular complexity index is 3420. The summed E-state index contributed by atoms with van der Waals surface area (Å²) in [6.07, 6.45) is 0. The van der Waals surface area contributed by atoms with Crippen molar-refractivity contribution in [2.45, 2.75) is 19.3 Å². The maximum absolute atomic E-state index is 7.05. The normalized spacial score (nSPS) is 13.3. The van der Waals surface area contributed by atoms with Crippen LogP contribution >= 0.6 is 11.3 Å². The van der Waals surface area contributed by atoms with Gasteiger partial charge in [-0.15, -0.1) is 11.3 Å². The molecule has 12 rings (SSSR count). The fourth-order valence-corrected chi connectivity index (χ4v) is 10.9. The van der Waals surface area contributed by atoms with E-state index in [-0.39, 0.29) is 5.41 Å². The van der Waals surface area contributed by atoms with Crippen LogP contribution in [-0.4, -0.2) is 0 Å². The summed E-state index contributed by atoms with van der Waals surface area (Å²) >= 11 is 1.87. The third-order valence-corrected chi connectivity index (χ3v) is 13.5. The average molecular weight is 734 g/mol. The SMILES string of the molecule is CC1(C)c2ccccc2-c2c(N(c3cccc4c3sc3ccccc34)c3ccc(-c4cc5ccccc5c5ccccc45)c4oc5ccccc5c34)cccc21. The zero-order valence-corrected chi connectivity index (χ0v) is 31.8. The number of benzene rings is 9. The first-order valence-electron chi connectivity index (χ1n) is 19.4. The van der Waals surface area contributed by atoms with Gasteiger partial charge in [-0.05, 0) is 86.3 Å². The smallest absolute Gasteiger partial charge is 0.145 e. The lowest BCUT2D eigenvalue weighted by Gasteiger charge is -2.30. The second kappa shape index (κ2) is 11.7. The molecule has 0 N–H and O–H groups in total. The second-order valence-electron chi connectivity index (χ2n) is 15.6. The van der Waals surface area contributed by atoms with Gasteiger partial charge in [0.25, 0.3) is 0 Å². The molecule has 1 aliphatic carbocycles. The van der Waals surface area contributed by atoms with Crippen LogP contribution in [0.2, 0.25) is 0 Å². The van der Waals surface area contributed by atoms with Crippen LogP contribution in [0, 0.1) is 0 Å². The van der Waals surface area contributed by atoms with Crippen LogP contribution in [0.5, 0.6) is 0 Å². The molecule has 2 aromatic heterocycles. The Labute approximate surface area is 328 Å². The molecular formula is C53H35NOS. The van der Waals surface area contributed by atoms with E-state index < -0.39 is 0 Å². The number of nitrogens with zero attached hydrogens (tertiary/aromatic N) is 1. The van der Waals surface area contributed by atoms with Gasteiger partial charge in [-0.25, -0.2) is 0 Å². The van der Waals surface area contributed by atoms with Gasteiger partial charge >= 0.3 is 0 Å². The highest BCUT2D eigenvalue weighted by Gasteiger charge is 2.38. The van der Waals surface area contributed by atoms with Gasteiger partial charge in [-0.3, -0.25) is 0 Å². The minimum Gasteiger partial charge on any atom is -0.455 e. The van der Waals surface area contributed by atoms with Crippen molar-refractivity contribution in [2.75, 3.05) is 4.90 Å². The third kappa shape index (κ3) is 4.32. The highest BCUT2D eigenvalue weighted by atomic mass is 32.1. The van der Waals surface area contributed by atoms with Crippen molar-refractivity contribution in [3.8, 4) is 22.3 Å². The lowest BCUT2D eigenvalue weighted by Crippen LogP contribution is -2.16. The molecule has 0 saturated heterocycles. The van der Waals surface area contributed by atoms with Crippen molar-refractivity contribution in [3.05, 3.63) is 187 Å². The summed E-state index contributed by atoms with van der Waals surface area (Å²) in [7, 11) is 0. The van der Waals surface area contributed by atoms with E-state index in [4.69, 9.17) is 4.42 Å². The minimum absolute atomic E-state index is 0.143. The number of hydrogen-bond donors (Lipinski definition) is 0. The molecule has 0 bridgehead atoms. The van der Waals surface area contributed by atoms with Crippen LogP contribution in [0.1, 0.15) is 25.0 Å². The van der Waals surface area contributed by atoms with E-state index in [1.165, 1.54) is 75.2 Å². The van der Waals surface area contributed by atoms with Gasteiger partial charge in [0.2, 0.25) is 0 Å². The summed E-state index contributed by atoms with van der Waals surface area (Å²) in [6, 6.07) is 64.5. The van der Waals surface area contributed by atoms with Crippen LogP contribution < -0.4 is 4.90 Å². The molecule has 9 aromatic carbocycles. The summed E-state index contributed by atoms with van der Waals surface area (Å²) in [6.45, 7) is 4.73. The fraction of sp³-hybridized carbons (Fsp3) is 0.0566. The molecule has 0 aliphatic heterocycles. The van der Waals surface area contributed by atoms with Gasteiger partial charge in [0.1, 0.15) is 11.2 Å². The average Bonchev–Trinajstić information content (AvgIpc) is 3.90. The predicted molar refractivity (Wildman–Crippen MR) is 239 cm³/mol. The van der Waals surface area contributed by atoms with Crippen molar-refractivity contribution < 1.29 is 4.42 Å². The van der Waals surface area contributed by atoms with E-state index in [1.807, 2.05) is 11.3 Å². The number of thiophene rings is 1. The zero-order chi connectivity index (χ0) is 37.1. The maximum atomic E-state index is 7.05. The number of furan rings is 1. The van der Waals surface area contributed by atoms with E-state index in [0.717, 1.165) is 38.9 Å². The van der Waals surface area contributed by atoms with E-state index in [2.05, 4.69) is 195 Å². The van der Waals surface area contributed by atoms with Crippen molar-refractivity contribution in [3.63, 3.8) is 0 Å². The first kappa shape index (κ1) is 31.6. The Hall–Kier alpha value is -6.68. The Balaban J connectivity index is 1.23. The van der Waals surface area contributed by atoms with E-state index >= 15 is 0 Å². The van der Waals surface area contributed by atoms with Crippen LogP contribution in [0.25, 0.3) is 85.9 Å². The molecule has 0 fully saturated rings. The van der Waals surface area contributed by atoms with Gasteiger partial charge in [0.05, 0.1) is 27.1 Å². The van der Waals surface area contributed by atoms with Gasteiger partial charge in [0.15, 0.2) is 0 Å². The van der Waals surface area contributed by atoms with E-state index in [1.54, 1.807) is 0 Å². The number of rotatable bonds is 4. The summed E-state index contributed by atoms with van der Waals surface area (Å²) in [5, 5.41) is 9.70. The van der Waals surface area contributed by atoms with Crippen LogP contribution in [0.3, 0.4) is 0 Å². The number of hydrogen-bond acceptors (Lipinski definition) is 3. The van der Waals surface area contributed by atoms with Crippen molar-refractivity contribution in [2.24, 2.45) is 0 Å². The fourth-order valence-electron chi connectivity index (χ4n) is 9.71. The topological polar surface area (TPSA) is 16.4 Å². The molecule has 0 unspecified atom stereocenters. The molecule has 0 radical (unpaired) electrons. The van der Waals surface area contributed by atoms with Crippen LogP contribution in [0.4, 0.5) is 17.1 Å². The molecule has 0 saturated carbocycles. The summed E-state index contributed by atoms with van der Waals surface area (Å²) in [5.74, 6) is 0. The monoisotopic (exact) mass is 733 g/mol. The molecular weight excluding hydrogens is 699 g/mol. The third-order valence-electron chi connectivity index (χ3n) is 12.3. The molecule has 0 atom stereocenters. The molecule has 2 nitrogen and oxygen atoms in total. The summed E-state index contributed by atoms with van der Waals surface area (Å²) < 4.78 is 9.61. The van der Waals surface area contributed by atoms with Crippen molar-refractivity contribution >= 4 is 92.1 Å². The highest BCUT2D eigenvalue weighted by molar-refractivity contribution is 7.26. The lowest BCUT2D eigenvalue weighted by molar-refractivity contribution is 0.660. The van der Waals surface area contributed by atoms with Gasteiger partial charge in [-0.2, -0.15) is 0 Å². The largest absolute Gasteiger partial charge is 0.455 e. The number of fused-ring (bicyclic) bond motifs is 12. The minimum atomic E-state index is -0.143. The van der Waals surface area contributed by atoms with Crippen molar-refractivity contribution in [1.29, 1.82) is 0 Å². The van der Waals surface area contributed by atoms with Gasteiger partial charge < -0.3 is 9.32 Å². The molecule has 0 amide bonds. The Morgan fingerprint density at radius 1 is 0.464 bits per heavy atom. The quantitative estimate of drug-likeness (QED) is 0.168. The first-order chi connectivity index (χ1) is 27.6. The lowest BCUT2D eigenvalue weighted by atomic mass is 9.82. The molecule has 2 heterocycles. The number of para-hydroxylation sites is 1. The molecule has 3 heteroatoms. The molecule has 11 aromatic rings. The highest BCUT2D eigenvalue weighted by Crippen LogP contribution is 2.57. The molecule has 1 aliphatic rings. The van der Waals surface area contributed by atoms with Crippen molar-refractivity contribution in [1.82, 2.24) is 0 Å². The van der Waals surface area contributed by atoms with Crippen LogP contribution in [-0.2, 0) is 5.41 Å². The van der Waals surface area contributed by atoms with E-state index in [9.17, 15) is 0 Å². The summed E-state index contributed by atoms with van der Waals surface area (Å²) in [5.41, 5.74) is 12.6. The van der Waals surface area contributed by atoms with E-state index in [0.29, 0.717) is 0 Å². The Morgan fingerprint density at radius 2 is 1.12 bits per heavy atom. The first-order valence-corrected chi connectivity index (χ1v) is 20.2. The molecule has 56 heavy (non-hydrogen) atoms. The Morgan fingerprint density at radius 3 is 2.02 bits per heavy atom. The standard InChI is InChI=1S/C53H35NOS/c1-53(2)42-23-10-7-20-39(42)49-43(53)24-14-25-44(49)54(46-26-13-22-38-36-19-9-12-28-48(36)56-52(38)46)45-30-29-37(51-50(45)40-21-8-11-27-47(40)55-51)41-31-32-15-3-4-16-33(32)34-17-5-6-18-35(34)41/h3-31H,1-2H3.